The summed E-state index contributed by atoms with van der Waals surface area (Å²) in [5, 5.41) is 0. The summed E-state index contributed by atoms with van der Waals surface area (Å²) in [6, 6.07) is 17.5. The van der Waals surface area contributed by atoms with E-state index in [4.69, 9.17) is 14.2 Å². The number of benzene rings is 2. The lowest BCUT2D eigenvalue weighted by molar-refractivity contribution is -0.0548. The van der Waals surface area contributed by atoms with Crippen LogP contribution in [-0.2, 0) is 14.2 Å². The maximum absolute atomic E-state index is 12.2. The number of carbonyl (C=O) groups excluding carboxylic acids is 2. The molecule has 5 heteroatoms. The summed E-state index contributed by atoms with van der Waals surface area (Å²) in [6.07, 6.45) is 2.77. The van der Waals surface area contributed by atoms with Crippen LogP contribution in [0.1, 0.15) is 27.1 Å². The Labute approximate surface area is 145 Å². The van der Waals surface area contributed by atoms with E-state index >= 15 is 0 Å². The van der Waals surface area contributed by atoms with E-state index < -0.39 is 24.1 Å². The first-order valence-electron chi connectivity index (χ1n) is 8.03. The van der Waals surface area contributed by atoms with E-state index in [1.54, 1.807) is 54.6 Å². The van der Waals surface area contributed by atoms with E-state index in [0.717, 1.165) is 0 Å². The number of hydrogen-bond acceptors (Lipinski definition) is 5. The highest BCUT2D eigenvalue weighted by Crippen LogP contribution is 2.18. The standard InChI is InChI=1S/C20H18O5/c21-19(15-8-3-1-4-9-15)24-14-18-17(12-7-13-23-18)25-20(22)16-10-5-2-6-11-16/h1-11,13,17-18H,12,14H2. The summed E-state index contributed by atoms with van der Waals surface area (Å²) in [7, 11) is 0. The van der Waals surface area contributed by atoms with Crippen LogP contribution in [0.4, 0.5) is 0 Å². The van der Waals surface area contributed by atoms with Crippen molar-refractivity contribution in [1.29, 1.82) is 0 Å². The molecule has 0 amide bonds. The first-order chi connectivity index (χ1) is 12.2. The van der Waals surface area contributed by atoms with Gasteiger partial charge in [0.25, 0.3) is 0 Å². The van der Waals surface area contributed by atoms with Crippen molar-refractivity contribution in [2.75, 3.05) is 6.61 Å². The Balaban J connectivity index is 1.59. The molecule has 0 saturated carbocycles. The summed E-state index contributed by atoms with van der Waals surface area (Å²) >= 11 is 0. The molecule has 0 saturated heterocycles. The maximum atomic E-state index is 12.2. The lowest BCUT2D eigenvalue weighted by atomic mass is 10.1. The quantitative estimate of drug-likeness (QED) is 0.782. The number of esters is 2. The summed E-state index contributed by atoms with van der Waals surface area (Å²) in [5.74, 6) is -0.865. The Hall–Kier alpha value is -3.08. The first kappa shape index (κ1) is 16.8. The van der Waals surface area contributed by atoms with Crippen molar-refractivity contribution in [3.05, 3.63) is 84.1 Å². The molecule has 0 N–H and O–H groups in total. The smallest absolute Gasteiger partial charge is 0.338 e. The Bertz CT molecular complexity index is 739. The second kappa shape index (κ2) is 8.15. The molecule has 1 aliphatic rings. The highest BCUT2D eigenvalue weighted by atomic mass is 16.6. The SMILES string of the molecule is O=C(OCC1OC=CCC1OC(=O)c1ccccc1)c1ccccc1. The number of hydrogen-bond donors (Lipinski definition) is 0. The van der Waals surface area contributed by atoms with Crippen LogP contribution in [0.15, 0.2) is 73.0 Å². The number of rotatable bonds is 5. The number of carbonyl (C=O) groups is 2. The fourth-order valence-electron chi connectivity index (χ4n) is 2.45. The predicted molar refractivity (Wildman–Crippen MR) is 91.0 cm³/mol. The van der Waals surface area contributed by atoms with E-state index in [1.807, 2.05) is 12.1 Å². The van der Waals surface area contributed by atoms with Crippen LogP contribution in [0.5, 0.6) is 0 Å². The van der Waals surface area contributed by atoms with Crippen LogP contribution >= 0.6 is 0 Å². The topological polar surface area (TPSA) is 61.8 Å². The van der Waals surface area contributed by atoms with Crippen LogP contribution in [0.3, 0.4) is 0 Å². The van der Waals surface area contributed by atoms with Gasteiger partial charge >= 0.3 is 11.9 Å². The maximum Gasteiger partial charge on any atom is 0.338 e. The van der Waals surface area contributed by atoms with Crippen molar-refractivity contribution < 1.29 is 23.8 Å². The van der Waals surface area contributed by atoms with Crippen molar-refractivity contribution in [3.8, 4) is 0 Å². The van der Waals surface area contributed by atoms with Gasteiger partial charge < -0.3 is 14.2 Å². The molecule has 25 heavy (non-hydrogen) atoms. The summed E-state index contributed by atoms with van der Waals surface area (Å²) in [5.41, 5.74) is 0.934. The third-order valence-corrected chi connectivity index (χ3v) is 3.79. The lowest BCUT2D eigenvalue weighted by Gasteiger charge is -2.28. The van der Waals surface area contributed by atoms with E-state index in [0.29, 0.717) is 17.5 Å². The summed E-state index contributed by atoms with van der Waals surface area (Å²) in [6.45, 7) is 0.00477. The summed E-state index contributed by atoms with van der Waals surface area (Å²) < 4.78 is 16.3. The highest BCUT2D eigenvalue weighted by molar-refractivity contribution is 5.90. The van der Waals surface area contributed by atoms with Gasteiger partial charge in [0.1, 0.15) is 12.7 Å². The molecule has 0 spiro atoms. The third-order valence-electron chi connectivity index (χ3n) is 3.79. The molecule has 0 fully saturated rings. The molecule has 0 aliphatic carbocycles. The fraction of sp³-hybridized carbons (Fsp3) is 0.200. The van der Waals surface area contributed by atoms with Crippen molar-refractivity contribution in [1.82, 2.24) is 0 Å². The molecule has 2 atom stereocenters. The fourth-order valence-corrected chi connectivity index (χ4v) is 2.45. The van der Waals surface area contributed by atoms with Gasteiger partial charge in [-0.1, -0.05) is 36.4 Å². The Kier molecular flexibility index (Phi) is 5.46. The average Bonchev–Trinajstić information content (AvgIpc) is 2.68. The lowest BCUT2D eigenvalue weighted by Crippen LogP contribution is -2.38. The van der Waals surface area contributed by atoms with Crippen molar-refractivity contribution in [3.63, 3.8) is 0 Å². The van der Waals surface area contributed by atoms with Gasteiger partial charge in [0.15, 0.2) is 6.10 Å². The van der Waals surface area contributed by atoms with Crippen molar-refractivity contribution in [2.45, 2.75) is 18.6 Å². The van der Waals surface area contributed by atoms with Gasteiger partial charge in [0, 0.05) is 6.42 Å². The average molecular weight is 338 g/mol. The zero-order chi connectivity index (χ0) is 17.5. The second-order valence-electron chi connectivity index (χ2n) is 5.56. The molecule has 0 bridgehead atoms. The predicted octanol–water partition coefficient (Wildman–Crippen LogP) is 3.37. The molecule has 3 rings (SSSR count). The Morgan fingerprint density at radius 2 is 1.52 bits per heavy atom. The molecule has 0 radical (unpaired) electrons. The largest absolute Gasteiger partial charge is 0.491 e. The molecule has 0 aromatic heterocycles. The van der Waals surface area contributed by atoms with Gasteiger partial charge in [-0.3, -0.25) is 0 Å². The van der Waals surface area contributed by atoms with Gasteiger partial charge in [0.2, 0.25) is 0 Å². The normalized spacial score (nSPS) is 18.9. The molecule has 2 aromatic rings. The molecule has 2 unspecified atom stereocenters. The third kappa shape index (κ3) is 4.47. The monoisotopic (exact) mass is 338 g/mol. The molecule has 2 aromatic carbocycles. The van der Waals surface area contributed by atoms with Crippen molar-refractivity contribution >= 4 is 11.9 Å². The molecular formula is C20H18O5. The van der Waals surface area contributed by atoms with Crippen LogP contribution < -0.4 is 0 Å². The van der Waals surface area contributed by atoms with Crippen molar-refractivity contribution in [2.24, 2.45) is 0 Å². The van der Waals surface area contributed by atoms with Gasteiger partial charge in [-0.2, -0.15) is 0 Å². The van der Waals surface area contributed by atoms with Gasteiger partial charge in [-0.05, 0) is 30.3 Å². The molecule has 128 valence electrons. The van der Waals surface area contributed by atoms with Crippen LogP contribution in [0.25, 0.3) is 0 Å². The van der Waals surface area contributed by atoms with Crippen LogP contribution in [-0.4, -0.2) is 30.8 Å². The highest BCUT2D eigenvalue weighted by Gasteiger charge is 2.29. The molecule has 5 nitrogen and oxygen atoms in total. The minimum atomic E-state index is -0.537. The van der Waals surface area contributed by atoms with E-state index in [-0.39, 0.29) is 6.61 Å². The molecule has 1 heterocycles. The van der Waals surface area contributed by atoms with Crippen LogP contribution in [0, 0.1) is 0 Å². The zero-order valence-electron chi connectivity index (χ0n) is 13.5. The minimum Gasteiger partial charge on any atom is -0.491 e. The minimum absolute atomic E-state index is 0.00477. The van der Waals surface area contributed by atoms with E-state index in [2.05, 4.69) is 0 Å². The van der Waals surface area contributed by atoms with E-state index in [1.165, 1.54) is 6.26 Å². The Morgan fingerprint density at radius 1 is 0.920 bits per heavy atom. The molecule has 1 aliphatic heterocycles. The summed E-state index contributed by atoms with van der Waals surface area (Å²) in [4.78, 5) is 24.2. The first-order valence-corrected chi connectivity index (χ1v) is 8.03. The number of ether oxygens (including phenoxy) is 3. The second-order valence-corrected chi connectivity index (χ2v) is 5.56. The van der Waals surface area contributed by atoms with Gasteiger partial charge in [-0.25, -0.2) is 9.59 Å². The van der Waals surface area contributed by atoms with Crippen LogP contribution in [0.2, 0.25) is 0 Å². The molecular weight excluding hydrogens is 320 g/mol. The van der Waals surface area contributed by atoms with E-state index in [9.17, 15) is 9.59 Å². The van der Waals surface area contributed by atoms with Gasteiger partial charge in [0.05, 0.1) is 17.4 Å². The Morgan fingerprint density at radius 3 is 2.16 bits per heavy atom. The zero-order valence-corrected chi connectivity index (χ0v) is 13.5. The van der Waals surface area contributed by atoms with Gasteiger partial charge in [-0.15, -0.1) is 0 Å².